The number of ether oxygens (including phenoxy) is 1. The van der Waals surface area contributed by atoms with Crippen LogP contribution in [0.2, 0.25) is 0 Å². The van der Waals surface area contributed by atoms with Gasteiger partial charge in [-0.25, -0.2) is 4.79 Å². The van der Waals surface area contributed by atoms with Crippen molar-refractivity contribution in [2.75, 3.05) is 26.2 Å². The van der Waals surface area contributed by atoms with E-state index in [4.69, 9.17) is 9.84 Å². The highest BCUT2D eigenvalue weighted by Gasteiger charge is 2.47. The number of benzene rings is 2. The number of piperidine rings is 1. The Hall–Kier alpha value is -3.56. The maximum atomic E-state index is 13.6. The van der Waals surface area contributed by atoms with E-state index >= 15 is 0 Å². The van der Waals surface area contributed by atoms with Crippen LogP contribution in [0.25, 0.3) is 11.1 Å². The van der Waals surface area contributed by atoms with E-state index in [9.17, 15) is 27.6 Å². The minimum atomic E-state index is -4.91. The van der Waals surface area contributed by atoms with E-state index in [1.807, 2.05) is 48.5 Å². The fourth-order valence-corrected chi connectivity index (χ4v) is 4.78. The second-order valence-corrected chi connectivity index (χ2v) is 8.76. The van der Waals surface area contributed by atoms with Crippen LogP contribution < -0.4 is 5.32 Å². The summed E-state index contributed by atoms with van der Waals surface area (Å²) in [5, 5.41) is 11.2. The highest BCUT2D eigenvalue weighted by atomic mass is 19.4. The lowest BCUT2D eigenvalue weighted by molar-refractivity contribution is -0.188. The first kappa shape index (κ1) is 24.6. The second-order valence-electron chi connectivity index (χ2n) is 8.76. The van der Waals surface area contributed by atoms with E-state index in [2.05, 4.69) is 5.32 Å². The van der Waals surface area contributed by atoms with Crippen LogP contribution in [0.5, 0.6) is 0 Å². The molecule has 1 aliphatic carbocycles. The van der Waals surface area contributed by atoms with E-state index in [1.165, 1.54) is 0 Å². The Kier molecular flexibility index (Phi) is 7.00. The van der Waals surface area contributed by atoms with Gasteiger partial charge >= 0.3 is 18.2 Å². The number of alkyl carbamates (subject to hydrolysis) is 1. The molecule has 2 amide bonds. The zero-order chi connectivity index (χ0) is 25.2. The summed E-state index contributed by atoms with van der Waals surface area (Å²) >= 11 is 0. The molecule has 7 nitrogen and oxygen atoms in total. The number of aliphatic carboxylic acids is 1. The van der Waals surface area contributed by atoms with Gasteiger partial charge in [-0.3, -0.25) is 9.59 Å². The third kappa shape index (κ3) is 5.26. The Morgan fingerprint density at radius 3 is 2.23 bits per heavy atom. The molecule has 4 rings (SSSR count). The van der Waals surface area contributed by atoms with Crippen LogP contribution in [0.15, 0.2) is 48.5 Å². The second kappa shape index (κ2) is 9.97. The molecule has 0 saturated carbocycles. The largest absolute Gasteiger partial charge is 0.481 e. The Morgan fingerprint density at radius 2 is 1.66 bits per heavy atom. The Bertz CT molecular complexity index is 1070. The Morgan fingerprint density at radius 1 is 1.06 bits per heavy atom. The lowest BCUT2D eigenvalue weighted by Gasteiger charge is -2.34. The molecular weight excluding hydrogens is 465 g/mol. The predicted octanol–water partition coefficient (Wildman–Crippen LogP) is 4.03. The number of amides is 2. The highest BCUT2D eigenvalue weighted by molar-refractivity contribution is 5.82. The molecule has 10 heteroatoms. The van der Waals surface area contributed by atoms with Gasteiger partial charge in [0.1, 0.15) is 6.61 Å². The first-order valence-corrected chi connectivity index (χ1v) is 11.3. The van der Waals surface area contributed by atoms with Gasteiger partial charge in [0.2, 0.25) is 5.91 Å². The van der Waals surface area contributed by atoms with Gasteiger partial charge in [0.15, 0.2) is 5.92 Å². The van der Waals surface area contributed by atoms with Gasteiger partial charge in [-0.2, -0.15) is 13.2 Å². The molecule has 35 heavy (non-hydrogen) atoms. The molecule has 0 spiro atoms. The van der Waals surface area contributed by atoms with Crippen LogP contribution in [0.3, 0.4) is 0 Å². The summed E-state index contributed by atoms with van der Waals surface area (Å²) in [7, 11) is 0. The molecule has 1 saturated heterocycles. The Balaban J connectivity index is 1.38. The number of alkyl halides is 3. The fraction of sp³-hybridized carbons (Fsp3) is 0.400. The summed E-state index contributed by atoms with van der Waals surface area (Å²) in [4.78, 5) is 37.0. The number of nitrogens with one attached hydrogen (secondary N) is 1. The monoisotopic (exact) mass is 490 g/mol. The normalized spacial score (nSPS) is 18.4. The number of hydrogen-bond acceptors (Lipinski definition) is 4. The summed E-state index contributed by atoms with van der Waals surface area (Å²) in [5.41, 5.74) is 3.95. The lowest BCUT2D eigenvalue weighted by Crippen LogP contribution is -2.51. The van der Waals surface area contributed by atoms with Crippen LogP contribution >= 0.6 is 0 Å². The molecular formula is C25H25F3N2O5. The number of likely N-dealkylation sites (tertiary alicyclic amines) is 1. The van der Waals surface area contributed by atoms with Crippen molar-refractivity contribution in [1.29, 1.82) is 0 Å². The summed E-state index contributed by atoms with van der Waals surface area (Å²) in [5.74, 6) is -6.05. The number of halogens is 3. The molecule has 0 bridgehead atoms. The van der Waals surface area contributed by atoms with Crippen molar-refractivity contribution in [2.45, 2.75) is 24.9 Å². The quantitative estimate of drug-likeness (QED) is 0.638. The van der Waals surface area contributed by atoms with Crippen LogP contribution in [0, 0.1) is 11.8 Å². The zero-order valence-corrected chi connectivity index (χ0v) is 18.8. The first-order chi connectivity index (χ1) is 16.7. The van der Waals surface area contributed by atoms with Crippen LogP contribution in [0.4, 0.5) is 18.0 Å². The van der Waals surface area contributed by atoms with Gasteiger partial charge in [0.25, 0.3) is 0 Å². The van der Waals surface area contributed by atoms with Gasteiger partial charge in [0.05, 0.1) is 5.92 Å². The molecule has 1 unspecified atom stereocenters. The predicted molar refractivity (Wildman–Crippen MR) is 120 cm³/mol. The zero-order valence-electron chi connectivity index (χ0n) is 18.8. The van der Waals surface area contributed by atoms with Gasteiger partial charge in [-0.05, 0) is 35.1 Å². The average Bonchev–Trinajstić information content (AvgIpc) is 3.15. The van der Waals surface area contributed by atoms with Crippen LogP contribution in [-0.2, 0) is 14.3 Å². The molecule has 0 aromatic heterocycles. The number of carbonyl (C=O) groups is 3. The van der Waals surface area contributed by atoms with Gasteiger partial charge in [0, 0.05) is 25.6 Å². The molecule has 186 valence electrons. The van der Waals surface area contributed by atoms with Crippen molar-refractivity contribution >= 4 is 18.0 Å². The van der Waals surface area contributed by atoms with E-state index in [-0.39, 0.29) is 25.6 Å². The maximum absolute atomic E-state index is 13.6. The number of hydrogen-bond donors (Lipinski definition) is 2. The number of carboxylic acid groups (broad SMARTS) is 1. The smallest absolute Gasteiger partial charge is 0.407 e. The van der Waals surface area contributed by atoms with Crippen molar-refractivity contribution < 1.29 is 37.4 Å². The molecule has 2 aromatic rings. The highest BCUT2D eigenvalue weighted by Crippen LogP contribution is 2.44. The molecule has 1 aliphatic heterocycles. The summed E-state index contributed by atoms with van der Waals surface area (Å²) < 4.78 is 46.2. The summed E-state index contributed by atoms with van der Waals surface area (Å²) in [6, 6.07) is 15.3. The number of rotatable bonds is 6. The van der Waals surface area contributed by atoms with Crippen LogP contribution in [0.1, 0.15) is 29.9 Å². The number of carbonyl (C=O) groups excluding carboxylic acids is 2. The van der Waals surface area contributed by atoms with Crippen molar-refractivity contribution in [1.82, 2.24) is 10.2 Å². The fourth-order valence-electron chi connectivity index (χ4n) is 4.78. The van der Waals surface area contributed by atoms with Crippen molar-refractivity contribution in [3.05, 3.63) is 59.7 Å². The molecule has 0 radical (unpaired) electrons. The minimum absolute atomic E-state index is 0.0418. The number of nitrogens with zero attached hydrogens (tertiary/aromatic N) is 1. The molecule has 2 atom stereocenters. The standard InChI is InChI=1S/C25H25F3N2O5/c26-25(27,28)21(22(31)30-11-5-6-15(13-30)23(32)33)12-29-24(34)35-14-20-18-9-3-1-7-16(18)17-8-2-4-10-19(17)20/h1-4,7-10,15,20-21H,5-6,11-14H2,(H,29,34)(H,32,33)/t15-,21?/m1/s1. The molecule has 1 fully saturated rings. The van der Waals surface area contributed by atoms with E-state index in [1.54, 1.807) is 0 Å². The van der Waals surface area contributed by atoms with Gasteiger partial charge in [-0.15, -0.1) is 0 Å². The van der Waals surface area contributed by atoms with Crippen molar-refractivity contribution in [2.24, 2.45) is 11.8 Å². The third-order valence-electron chi connectivity index (χ3n) is 6.57. The first-order valence-electron chi connectivity index (χ1n) is 11.3. The molecule has 2 aliphatic rings. The van der Waals surface area contributed by atoms with E-state index in [0.29, 0.717) is 12.8 Å². The average molecular weight is 490 g/mol. The topological polar surface area (TPSA) is 95.9 Å². The van der Waals surface area contributed by atoms with Crippen molar-refractivity contribution in [3.63, 3.8) is 0 Å². The molecule has 2 aromatic carbocycles. The summed E-state index contributed by atoms with van der Waals surface area (Å²) in [6.45, 7) is -1.31. The molecule has 2 N–H and O–H groups in total. The van der Waals surface area contributed by atoms with E-state index in [0.717, 1.165) is 27.2 Å². The minimum Gasteiger partial charge on any atom is -0.481 e. The number of carboxylic acids is 1. The maximum Gasteiger partial charge on any atom is 0.407 e. The van der Waals surface area contributed by atoms with E-state index < -0.39 is 42.5 Å². The Labute approximate surface area is 199 Å². The molecule has 1 heterocycles. The summed E-state index contributed by atoms with van der Waals surface area (Å²) in [6.07, 6.45) is -5.37. The lowest BCUT2D eigenvalue weighted by atomic mass is 9.96. The van der Waals surface area contributed by atoms with Crippen molar-refractivity contribution in [3.8, 4) is 11.1 Å². The number of fused-ring (bicyclic) bond motifs is 3. The third-order valence-corrected chi connectivity index (χ3v) is 6.57. The van der Waals surface area contributed by atoms with Crippen LogP contribution in [-0.4, -0.2) is 60.4 Å². The van der Waals surface area contributed by atoms with Gasteiger partial charge in [-0.1, -0.05) is 48.5 Å². The van der Waals surface area contributed by atoms with Gasteiger partial charge < -0.3 is 20.1 Å². The SMILES string of the molecule is O=C(NCC(C(=O)N1CCC[C@@H](C(=O)O)C1)C(F)(F)F)OCC1c2ccccc2-c2ccccc21.